The van der Waals surface area contributed by atoms with Crippen molar-refractivity contribution in [3.05, 3.63) is 161 Å². The van der Waals surface area contributed by atoms with Gasteiger partial charge in [0, 0.05) is 29.1 Å². The predicted molar refractivity (Wildman–Crippen MR) is 221 cm³/mol. The Morgan fingerprint density at radius 1 is 0.621 bits per heavy atom. The standard InChI is InChI=1S/C23H19F3N2O2.C23H20N2O3/c1-29-18-8-6-17(7-9-18)28-14-21(15-4-3-5-16(12-15)23(24,25)26)27-20-11-10-19(30-2)13-22(20)28;1-15-4-6-16(7-5-15)22-23(26)25(17-8-10-18(27-2)11-9-17)21-14-19(28-3)12-13-20(21)24-22/h3-13H,14H2,1-2H3;4-14H,1-3H3. The topological polar surface area (TPSA) is 87.4 Å². The molecule has 6 aromatic carbocycles. The van der Waals surface area contributed by atoms with Gasteiger partial charge in [0.25, 0.3) is 5.56 Å². The van der Waals surface area contributed by atoms with Crippen LogP contribution in [0.1, 0.15) is 16.7 Å². The monoisotopic (exact) mass is 784 g/mol. The number of alkyl halides is 3. The number of aliphatic imine (C=N–C) groups is 1. The largest absolute Gasteiger partial charge is 0.497 e. The predicted octanol–water partition coefficient (Wildman–Crippen LogP) is 10.4. The zero-order chi connectivity index (χ0) is 41.0. The number of aromatic nitrogens is 2. The third kappa shape index (κ3) is 8.22. The lowest BCUT2D eigenvalue weighted by Gasteiger charge is -2.31. The van der Waals surface area contributed by atoms with Crippen LogP contribution in [0.2, 0.25) is 0 Å². The Balaban J connectivity index is 0.000000177. The van der Waals surface area contributed by atoms with Crippen molar-refractivity contribution < 1.29 is 32.1 Å². The van der Waals surface area contributed by atoms with E-state index in [-0.39, 0.29) is 5.56 Å². The number of ether oxygens (including phenoxy) is 4. The van der Waals surface area contributed by atoms with E-state index in [1.54, 1.807) is 51.2 Å². The van der Waals surface area contributed by atoms with Crippen LogP contribution in [0.3, 0.4) is 0 Å². The quantitative estimate of drug-likeness (QED) is 0.152. The number of fused-ring (bicyclic) bond motifs is 2. The molecule has 2 heterocycles. The fourth-order valence-electron chi connectivity index (χ4n) is 6.55. The van der Waals surface area contributed by atoms with Crippen molar-refractivity contribution in [1.82, 2.24) is 9.55 Å². The first-order chi connectivity index (χ1) is 28.0. The van der Waals surface area contributed by atoms with Gasteiger partial charge in [-0.1, -0.05) is 42.0 Å². The maximum atomic E-state index is 13.5. The Labute approximate surface area is 333 Å². The van der Waals surface area contributed by atoms with Crippen LogP contribution in [-0.4, -0.2) is 50.2 Å². The highest BCUT2D eigenvalue weighted by atomic mass is 19.4. The van der Waals surface area contributed by atoms with Crippen molar-refractivity contribution >= 4 is 33.8 Å². The average molecular weight is 785 g/mol. The van der Waals surface area contributed by atoms with Crippen LogP contribution in [0.25, 0.3) is 28.0 Å². The van der Waals surface area contributed by atoms with E-state index in [4.69, 9.17) is 18.9 Å². The van der Waals surface area contributed by atoms with E-state index < -0.39 is 11.7 Å². The second-order valence-corrected chi connectivity index (χ2v) is 13.3. The molecule has 0 aliphatic carbocycles. The van der Waals surface area contributed by atoms with Gasteiger partial charge in [-0.2, -0.15) is 13.2 Å². The number of anilines is 2. The summed E-state index contributed by atoms with van der Waals surface area (Å²) in [7, 11) is 6.39. The summed E-state index contributed by atoms with van der Waals surface area (Å²) in [6.45, 7) is 2.33. The highest BCUT2D eigenvalue weighted by Crippen LogP contribution is 2.41. The number of rotatable bonds is 8. The minimum atomic E-state index is -4.41. The molecule has 294 valence electrons. The van der Waals surface area contributed by atoms with Gasteiger partial charge in [-0.15, -0.1) is 0 Å². The normalized spacial score (nSPS) is 12.2. The molecule has 0 radical (unpaired) electrons. The number of halogens is 3. The summed E-state index contributed by atoms with van der Waals surface area (Å²) in [5.74, 6) is 2.78. The number of nitrogens with zero attached hydrogens (tertiary/aromatic N) is 4. The minimum absolute atomic E-state index is 0.185. The van der Waals surface area contributed by atoms with Gasteiger partial charge in [-0.3, -0.25) is 9.36 Å². The summed E-state index contributed by atoms with van der Waals surface area (Å²) in [6, 6.07) is 38.9. The van der Waals surface area contributed by atoms with Gasteiger partial charge >= 0.3 is 6.18 Å². The molecule has 9 nitrogen and oxygen atoms in total. The van der Waals surface area contributed by atoms with Crippen molar-refractivity contribution in [3.63, 3.8) is 0 Å². The number of methoxy groups -OCH3 is 4. The van der Waals surface area contributed by atoms with Crippen molar-refractivity contribution in [2.45, 2.75) is 13.1 Å². The van der Waals surface area contributed by atoms with Gasteiger partial charge in [0.1, 0.15) is 28.7 Å². The van der Waals surface area contributed by atoms with Gasteiger partial charge in [0.15, 0.2) is 0 Å². The summed E-state index contributed by atoms with van der Waals surface area (Å²) < 4.78 is 62.4. The summed E-state index contributed by atoms with van der Waals surface area (Å²) in [4.78, 5) is 24.8. The maximum Gasteiger partial charge on any atom is 0.416 e. The van der Waals surface area contributed by atoms with E-state index in [0.717, 1.165) is 46.1 Å². The van der Waals surface area contributed by atoms with E-state index in [1.165, 1.54) is 6.07 Å². The van der Waals surface area contributed by atoms with Crippen molar-refractivity contribution in [2.24, 2.45) is 4.99 Å². The Morgan fingerprint density at radius 2 is 1.21 bits per heavy atom. The molecule has 0 saturated carbocycles. The Hall–Kier alpha value is -7.08. The molecule has 0 amide bonds. The van der Waals surface area contributed by atoms with E-state index in [9.17, 15) is 18.0 Å². The average Bonchev–Trinajstić information content (AvgIpc) is 3.26. The van der Waals surface area contributed by atoms with Crippen LogP contribution >= 0.6 is 0 Å². The first-order valence-corrected chi connectivity index (χ1v) is 18.2. The molecule has 0 bridgehead atoms. The van der Waals surface area contributed by atoms with Gasteiger partial charge in [-0.25, -0.2) is 9.98 Å². The first kappa shape index (κ1) is 39.2. The molecule has 1 aliphatic rings. The molecular weight excluding hydrogens is 746 g/mol. The lowest BCUT2D eigenvalue weighted by atomic mass is 10.0. The molecule has 0 N–H and O–H groups in total. The summed E-state index contributed by atoms with van der Waals surface area (Å²) in [6.07, 6.45) is -4.41. The van der Waals surface area contributed by atoms with Crippen LogP contribution in [-0.2, 0) is 6.18 Å². The Morgan fingerprint density at radius 3 is 1.83 bits per heavy atom. The van der Waals surface area contributed by atoms with Crippen LogP contribution in [0.15, 0.2) is 143 Å². The molecule has 8 rings (SSSR count). The van der Waals surface area contributed by atoms with Gasteiger partial charge in [0.05, 0.1) is 68.7 Å². The highest BCUT2D eigenvalue weighted by molar-refractivity contribution is 6.09. The van der Waals surface area contributed by atoms with Crippen molar-refractivity contribution in [2.75, 3.05) is 39.9 Å². The van der Waals surface area contributed by atoms with Crippen LogP contribution < -0.4 is 29.4 Å². The first-order valence-electron chi connectivity index (χ1n) is 18.2. The molecule has 1 aliphatic heterocycles. The second-order valence-electron chi connectivity index (χ2n) is 13.3. The van der Waals surface area contributed by atoms with Crippen LogP contribution in [0.4, 0.5) is 30.2 Å². The molecule has 58 heavy (non-hydrogen) atoms. The second kappa shape index (κ2) is 16.6. The minimum Gasteiger partial charge on any atom is -0.497 e. The molecule has 1 aromatic heterocycles. The summed E-state index contributed by atoms with van der Waals surface area (Å²) in [5, 5.41) is 0. The number of hydrogen-bond acceptors (Lipinski definition) is 8. The molecule has 0 atom stereocenters. The van der Waals surface area contributed by atoms with E-state index >= 15 is 0 Å². The third-order valence-electron chi connectivity index (χ3n) is 9.66. The number of benzene rings is 6. The number of aryl methyl sites for hydroxylation is 1. The van der Waals surface area contributed by atoms with Crippen LogP contribution in [0.5, 0.6) is 23.0 Å². The van der Waals surface area contributed by atoms with Gasteiger partial charge < -0.3 is 23.8 Å². The molecule has 0 fully saturated rings. The molecular formula is C46H39F3N4O5. The lowest BCUT2D eigenvalue weighted by Crippen LogP contribution is -2.29. The third-order valence-corrected chi connectivity index (χ3v) is 9.66. The van der Waals surface area contributed by atoms with Crippen molar-refractivity contribution in [3.8, 4) is 39.9 Å². The summed E-state index contributed by atoms with van der Waals surface area (Å²) >= 11 is 0. The Kier molecular flexibility index (Phi) is 11.2. The molecule has 0 spiro atoms. The highest BCUT2D eigenvalue weighted by Gasteiger charge is 2.31. The van der Waals surface area contributed by atoms with E-state index in [2.05, 4.69) is 9.98 Å². The zero-order valence-electron chi connectivity index (χ0n) is 32.4. The fourth-order valence-corrected chi connectivity index (χ4v) is 6.55. The fraction of sp³-hybridized carbons (Fsp3) is 0.152. The van der Waals surface area contributed by atoms with Crippen molar-refractivity contribution in [1.29, 1.82) is 0 Å². The SMILES string of the molecule is COc1ccc(-n2c(=O)c(-c3ccc(C)cc3)nc3ccc(OC)cc32)cc1.COc1ccc(N2CC(c3cccc(C(F)(F)F)c3)=Nc3ccc(OC)cc32)cc1. The van der Waals surface area contributed by atoms with Crippen LogP contribution in [0, 0.1) is 6.92 Å². The summed E-state index contributed by atoms with van der Waals surface area (Å²) in [5.41, 5.74) is 6.91. The maximum absolute atomic E-state index is 13.5. The van der Waals surface area contributed by atoms with Gasteiger partial charge in [0.2, 0.25) is 0 Å². The lowest BCUT2D eigenvalue weighted by molar-refractivity contribution is -0.137. The zero-order valence-corrected chi connectivity index (χ0v) is 32.4. The van der Waals surface area contributed by atoms with E-state index in [1.807, 2.05) is 109 Å². The molecule has 12 heteroatoms. The molecule has 0 saturated heterocycles. The Bertz CT molecular complexity index is 2660. The smallest absolute Gasteiger partial charge is 0.416 e. The molecule has 7 aromatic rings. The van der Waals surface area contributed by atoms with E-state index in [0.29, 0.717) is 57.5 Å². The molecule has 0 unspecified atom stereocenters. The van der Waals surface area contributed by atoms with Gasteiger partial charge in [-0.05, 0) is 97.4 Å². The number of hydrogen-bond donors (Lipinski definition) is 0.